The van der Waals surface area contributed by atoms with Gasteiger partial charge in [0.05, 0.1) is 33.5 Å². The largest absolute Gasteiger partial charge is 0.309 e. The fourth-order valence-electron chi connectivity index (χ4n) is 7.25. The Morgan fingerprint density at radius 3 is 1.65 bits per heavy atom. The molecule has 0 aliphatic heterocycles. The maximum Gasteiger partial charge on any atom is 0.235 e. The zero-order chi connectivity index (χ0) is 32.9. The molecule has 9 rings (SSSR count). The molecule has 49 heavy (non-hydrogen) atoms. The van der Waals surface area contributed by atoms with E-state index in [4.69, 9.17) is 9.97 Å². The number of nitrogens with zero attached hydrogens (tertiary/aromatic N) is 4. The lowest BCUT2D eigenvalue weighted by Gasteiger charge is -2.14. The van der Waals surface area contributed by atoms with Gasteiger partial charge in [-0.1, -0.05) is 116 Å². The third kappa shape index (κ3) is 4.61. The van der Waals surface area contributed by atoms with Gasteiger partial charge in [0, 0.05) is 38.4 Å². The van der Waals surface area contributed by atoms with Crippen LogP contribution in [0.15, 0.2) is 158 Å². The van der Waals surface area contributed by atoms with Crippen molar-refractivity contribution in [3.8, 4) is 34.0 Å². The monoisotopic (exact) mass is 628 g/mol. The lowest BCUT2D eigenvalue weighted by molar-refractivity contribution is 0.983. The molecule has 4 heteroatoms. The van der Waals surface area contributed by atoms with Gasteiger partial charge in [-0.2, -0.15) is 0 Å². The molecule has 0 unspecified atom stereocenters. The Bertz CT molecular complexity index is 2730. The molecule has 0 aliphatic rings. The van der Waals surface area contributed by atoms with E-state index < -0.39 is 0 Å². The second-order valence-corrected chi connectivity index (χ2v) is 12.2. The third-order valence-electron chi connectivity index (χ3n) is 9.43. The molecule has 4 nitrogen and oxygen atoms in total. The topological polar surface area (TPSA) is 35.6 Å². The van der Waals surface area contributed by atoms with E-state index in [1.54, 1.807) is 0 Å². The lowest BCUT2D eigenvalue weighted by Crippen LogP contribution is -2.06. The van der Waals surface area contributed by atoms with Crippen molar-refractivity contribution in [1.29, 1.82) is 0 Å². The van der Waals surface area contributed by atoms with Crippen LogP contribution >= 0.6 is 0 Å². The molecule has 3 aromatic heterocycles. The minimum Gasteiger partial charge on any atom is -0.309 e. The van der Waals surface area contributed by atoms with Gasteiger partial charge in [-0.25, -0.2) is 9.97 Å². The van der Waals surface area contributed by atoms with Crippen molar-refractivity contribution in [2.45, 2.75) is 6.92 Å². The van der Waals surface area contributed by atoms with Crippen molar-refractivity contribution in [2.24, 2.45) is 0 Å². The number of rotatable bonds is 6. The van der Waals surface area contributed by atoms with E-state index in [2.05, 4.69) is 149 Å². The molecule has 0 amide bonds. The molecule has 0 atom stereocenters. The van der Waals surface area contributed by atoms with Crippen molar-refractivity contribution in [1.82, 2.24) is 19.1 Å². The first-order valence-corrected chi connectivity index (χ1v) is 16.6. The molecule has 0 saturated heterocycles. The number of aromatic nitrogens is 4. The normalized spacial score (nSPS) is 11.8. The molecular formula is C45H32N4. The smallest absolute Gasteiger partial charge is 0.235 e. The van der Waals surface area contributed by atoms with Gasteiger partial charge < -0.3 is 4.57 Å². The summed E-state index contributed by atoms with van der Waals surface area (Å²) in [4.78, 5) is 10.3. The van der Waals surface area contributed by atoms with Crippen LogP contribution in [0.1, 0.15) is 18.2 Å². The van der Waals surface area contributed by atoms with Crippen LogP contribution in [0.4, 0.5) is 0 Å². The number of hydrogen-bond acceptors (Lipinski definition) is 2. The van der Waals surface area contributed by atoms with Crippen molar-refractivity contribution >= 4 is 55.8 Å². The fraction of sp³-hybridized carbons (Fsp3) is 0.0222. The second kappa shape index (κ2) is 11.6. The van der Waals surface area contributed by atoms with Crippen molar-refractivity contribution in [2.75, 3.05) is 0 Å². The minimum atomic E-state index is 0.621. The lowest BCUT2D eigenvalue weighted by atomic mass is 10.0. The summed E-state index contributed by atoms with van der Waals surface area (Å²) in [5.41, 5.74) is 11.7. The van der Waals surface area contributed by atoms with Crippen LogP contribution in [0.25, 0.3) is 89.8 Å². The summed E-state index contributed by atoms with van der Waals surface area (Å²) in [6.07, 6.45) is 5.91. The molecule has 0 bridgehead atoms. The summed E-state index contributed by atoms with van der Waals surface area (Å²) >= 11 is 0. The SMILES string of the molecule is C=Cc1nc(-n2c3ccccc3c3cc(-c4ccc5c(c4)c4ccccc4n5-c4ccccc4)ccc32)nc(-c2ccccc2)c1/C=C\C. The summed E-state index contributed by atoms with van der Waals surface area (Å²) in [5, 5.41) is 4.79. The minimum absolute atomic E-state index is 0.621. The number of para-hydroxylation sites is 3. The molecule has 3 heterocycles. The van der Waals surface area contributed by atoms with Crippen molar-refractivity contribution < 1.29 is 0 Å². The van der Waals surface area contributed by atoms with E-state index in [1.807, 2.05) is 37.3 Å². The number of allylic oxidation sites excluding steroid dienone is 1. The van der Waals surface area contributed by atoms with Crippen LogP contribution in [-0.2, 0) is 0 Å². The average molecular weight is 629 g/mol. The summed E-state index contributed by atoms with van der Waals surface area (Å²) < 4.78 is 4.54. The highest BCUT2D eigenvalue weighted by atomic mass is 15.2. The van der Waals surface area contributed by atoms with Crippen LogP contribution in [0.5, 0.6) is 0 Å². The maximum absolute atomic E-state index is 5.23. The van der Waals surface area contributed by atoms with Gasteiger partial charge >= 0.3 is 0 Å². The molecular weight excluding hydrogens is 597 g/mol. The van der Waals surface area contributed by atoms with E-state index in [9.17, 15) is 0 Å². The predicted octanol–water partition coefficient (Wildman–Crippen LogP) is 11.7. The Morgan fingerprint density at radius 1 is 0.510 bits per heavy atom. The van der Waals surface area contributed by atoms with Crippen LogP contribution in [-0.4, -0.2) is 19.1 Å². The van der Waals surface area contributed by atoms with Gasteiger partial charge in [-0.05, 0) is 72.7 Å². The number of hydrogen-bond donors (Lipinski definition) is 0. The van der Waals surface area contributed by atoms with Gasteiger partial charge in [0.2, 0.25) is 5.95 Å². The van der Waals surface area contributed by atoms with Gasteiger partial charge in [0.25, 0.3) is 0 Å². The molecule has 232 valence electrons. The summed E-state index contributed by atoms with van der Waals surface area (Å²) in [6.45, 7) is 6.14. The molecule has 9 aromatic rings. The van der Waals surface area contributed by atoms with E-state index in [0.29, 0.717) is 5.95 Å². The van der Waals surface area contributed by atoms with E-state index in [-0.39, 0.29) is 0 Å². The fourth-order valence-corrected chi connectivity index (χ4v) is 7.25. The summed E-state index contributed by atoms with van der Waals surface area (Å²) in [7, 11) is 0. The number of benzene rings is 6. The summed E-state index contributed by atoms with van der Waals surface area (Å²) in [6, 6.07) is 51.7. The van der Waals surface area contributed by atoms with Crippen molar-refractivity contribution in [3.63, 3.8) is 0 Å². The van der Waals surface area contributed by atoms with Crippen LogP contribution in [0, 0.1) is 0 Å². The molecule has 0 fully saturated rings. The molecule has 0 N–H and O–H groups in total. The van der Waals surface area contributed by atoms with Crippen LogP contribution in [0.3, 0.4) is 0 Å². The maximum atomic E-state index is 5.23. The van der Waals surface area contributed by atoms with Gasteiger partial charge in [-0.3, -0.25) is 4.57 Å². The van der Waals surface area contributed by atoms with Crippen LogP contribution < -0.4 is 0 Å². The highest BCUT2D eigenvalue weighted by Gasteiger charge is 2.19. The Hall–Kier alpha value is -6.52. The van der Waals surface area contributed by atoms with Crippen LogP contribution in [0.2, 0.25) is 0 Å². The second-order valence-electron chi connectivity index (χ2n) is 12.2. The number of fused-ring (bicyclic) bond motifs is 6. The molecule has 0 aliphatic carbocycles. The highest BCUT2D eigenvalue weighted by molar-refractivity contribution is 6.12. The Labute approximate surface area is 284 Å². The zero-order valence-electron chi connectivity index (χ0n) is 27.1. The quantitative estimate of drug-likeness (QED) is 0.184. The first kappa shape index (κ1) is 28.7. The Morgan fingerprint density at radius 2 is 1.04 bits per heavy atom. The highest BCUT2D eigenvalue weighted by Crippen LogP contribution is 2.38. The Balaban J connectivity index is 1.25. The molecule has 6 aromatic carbocycles. The molecule has 0 saturated carbocycles. The van der Waals surface area contributed by atoms with E-state index >= 15 is 0 Å². The average Bonchev–Trinajstić information content (AvgIpc) is 3.68. The van der Waals surface area contributed by atoms with Crippen molar-refractivity contribution in [3.05, 3.63) is 170 Å². The zero-order valence-corrected chi connectivity index (χ0v) is 27.1. The van der Waals surface area contributed by atoms with Gasteiger partial charge in [0.1, 0.15) is 0 Å². The standard InChI is InChI=1S/C45H32N4/c1-3-15-36-39(4-2)46-45(47-44(36)30-16-7-5-8-17-30)49-41-23-14-12-21-35(41)38-29-32(25-27-43(38)49)31-24-26-42-37(28-31)34-20-11-13-22-40(34)48(42)33-18-9-6-10-19-33/h3-29H,2H2,1H3/b15-3-. The predicted molar refractivity (Wildman–Crippen MR) is 206 cm³/mol. The molecule has 0 spiro atoms. The summed E-state index contributed by atoms with van der Waals surface area (Å²) in [5.74, 6) is 0.621. The first-order chi connectivity index (χ1) is 24.2. The van der Waals surface area contributed by atoms with E-state index in [1.165, 1.54) is 27.4 Å². The van der Waals surface area contributed by atoms with Gasteiger partial charge in [-0.15, -0.1) is 0 Å². The Kier molecular flexibility index (Phi) is 6.80. The first-order valence-electron chi connectivity index (χ1n) is 16.6. The third-order valence-corrected chi connectivity index (χ3v) is 9.43. The van der Waals surface area contributed by atoms with E-state index in [0.717, 1.165) is 55.6 Å². The van der Waals surface area contributed by atoms with Gasteiger partial charge in [0.15, 0.2) is 0 Å². The molecule has 0 radical (unpaired) electrons.